The Balaban J connectivity index is 1.69. The molecule has 1 amide bonds. The minimum absolute atomic E-state index is 0.227. The van der Waals surface area contributed by atoms with E-state index in [1.54, 1.807) is 10.1 Å². The van der Waals surface area contributed by atoms with Crippen molar-refractivity contribution in [3.63, 3.8) is 0 Å². The van der Waals surface area contributed by atoms with Gasteiger partial charge >= 0.3 is 0 Å². The van der Waals surface area contributed by atoms with Gasteiger partial charge in [-0.05, 0) is 23.1 Å². The molecule has 2 aromatic heterocycles. The highest BCUT2D eigenvalue weighted by atomic mass is 32.1. The van der Waals surface area contributed by atoms with Gasteiger partial charge in [-0.15, -0.1) is 17.8 Å². The van der Waals surface area contributed by atoms with Crippen LogP contribution in [0.1, 0.15) is 21.1 Å². The molecule has 114 valence electrons. The number of carbonyl (C=O) groups is 1. The second-order valence-corrected chi connectivity index (χ2v) is 5.83. The van der Waals surface area contributed by atoms with Gasteiger partial charge in [0.1, 0.15) is 5.69 Å². The molecule has 5 nitrogen and oxygen atoms in total. The molecule has 23 heavy (non-hydrogen) atoms. The van der Waals surface area contributed by atoms with Crippen LogP contribution in [0, 0.1) is 12.3 Å². The highest BCUT2D eigenvalue weighted by molar-refractivity contribution is 7.10. The number of aryl methyl sites for hydroxylation is 1. The Morgan fingerprint density at radius 2 is 2.30 bits per heavy atom. The minimum Gasteiger partial charge on any atom is -0.347 e. The number of thiazole rings is 1. The fourth-order valence-electron chi connectivity index (χ4n) is 2.15. The van der Waals surface area contributed by atoms with Crippen molar-refractivity contribution in [1.82, 2.24) is 20.1 Å². The Bertz CT molecular complexity index is 888. The molecule has 6 heteroatoms. The fraction of sp³-hybridized carbons (Fsp3) is 0.118. The fourth-order valence-corrected chi connectivity index (χ4v) is 2.75. The predicted molar refractivity (Wildman–Crippen MR) is 89.9 cm³/mol. The molecule has 0 saturated carbocycles. The summed E-state index contributed by atoms with van der Waals surface area (Å²) in [5.41, 5.74) is 3.46. The molecule has 3 aromatic rings. The molecule has 3 rings (SSSR count). The van der Waals surface area contributed by atoms with Crippen molar-refractivity contribution in [3.8, 4) is 23.5 Å². The molecule has 2 heterocycles. The Morgan fingerprint density at radius 1 is 1.43 bits per heavy atom. The lowest BCUT2D eigenvalue weighted by molar-refractivity contribution is 0.0946. The van der Waals surface area contributed by atoms with E-state index in [0.29, 0.717) is 17.2 Å². The van der Waals surface area contributed by atoms with E-state index in [0.717, 1.165) is 16.7 Å². The van der Waals surface area contributed by atoms with Crippen LogP contribution in [-0.4, -0.2) is 20.7 Å². The van der Waals surface area contributed by atoms with Crippen LogP contribution in [0.3, 0.4) is 0 Å². The molecule has 1 N–H and O–H groups in total. The Hall–Kier alpha value is -2.91. The summed E-state index contributed by atoms with van der Waals surface area (Å²) in [6.45, 7) is 0.426. The van der Waals surface area contributed by atoms with Crippen LogP contribution in [0.15, 0.2) is 42.0 Å². The molecular formula is C17H14N4OS. The zero-order valence-electron chi connectivity index (χ0n) is 12.5. The molecule has 1 aromatic carbocycles. The van der Waals surface area contributed by atoms with Gasteiger partial charge in [0.25, 0.3) is 5.91 Å². The number of amides is 1. The highest BCUT2D eigenvalue weighted by Crippen LogP contribution is 2.19. The first-order valence-corrected chi connectivity index (χ1v) is 7.82. The topological polar surface area (TPSA) is 59.8 Å². The minimum atomic E-state index is -0.227. The van der Waals surface area contributed by atoms with Crippen LogP contribution >= 0.6 is 11.3 Å². The van der Waals surface area contributed by atoms with E-state index in [9.17, 15) is 4.79 Å². The van der Waals surface area contributed by atoms with Crippen LogP contribution in [0.25, 0.3) is 11.1 Å². The molecule has 0 spiro atoms. The second kappa shape index (κ2) is 6.46. The van der Waals surface area contributed by atoms with Crippen LogP contribution in [0.4, 0.5) is 0 Å². The maximum absolute atomic E-state index is 12.1. The number of nitrogens with zero attached hydrogens (tertiary/aromatic N) is 3. The molecule has 0 aliphatic heterocycles. The maximum atomic E-state index is 12.1. The highest BCUT2D eigenvalue weighted by Gasteiger charge is 2.10. The first kappa shape index (κ1) is 15.0. The number of benzene rings is 1. The first-order chi connectivity index (χ1) is 11.2. The maximum Gasteiger partial charge on any atom is 0.271 e. The van der Waals surface area contributed by atoms with Gasteiger partial charge in [0.2, 0.25) is 0 Å². The molecular weight excluding hydrogens is 308 g/mol. The molecule has 0 saturated heterocycles. The van der Waals surface area contributed by atoms with Crippen molar-refractivity contribution in [3.05, 3.63) is 58.3 Å². The zero-order valence-corrected chi connectivity index (χ0v) is 13.3. The number of rotatable bonds is 4. The van der Waals surface area contributed by atoms with Gasteiger partial charge in [0.15, 0.2) is 5.01 Å². The van der Waals surface area contributed by atoms with Gasteiger partial charge in [0, 0.05) is 30.7 Å². The lowest BCUT2D eigenvalue weighted by Crippen LogP contribution is -2.23. The van der Waals surface area contributed by atoms with E-state index >= 15 is 0 Å². The molecule has 0 radical (unpaired) electrons. The van der Waals surface area contributed by atoms with Crippen LogP contribution in [0.5, 0.6) is 0 Å². The van der Waals surface area contributed by atoms with Gasteiger partial charge in [0.05, 0.1) is 6.20 Å². The smallest absolute Gasteiger partial charge is 0.271 e. The van der Waals surface area contributed by atoms with Gasteiger partial charge < -0.3 is 5.32 Å². The van der Waals surface area contributed by atoms with Crippen molar-refractivity contribution >= 4 is 17.2 Å². The third-order valence-corrected chi connectivity index (χ3v) is 4.05. The summed E-state index contributed by atoms with van der Waals surface area (Å²) in [5.74, 6) is 2.20. The summed E-state index contributed by atoms with van der Waals surface area (Å²) in [7, 11) is 1.88. The van der Waals surface area contributed by atoms with Gasteiger partial charge in [-0.25, -0.2) is 4.98 Å². The summed E-state index contributed by atoms with van der Waals surface area (Å²) in [5, 5.41) is 9.19. The summed E-state index contributed by atoms with van der Waals surface area (Å²) < 4.78 is 1.76. The van der Waals surface area contributed by atoms with E-state index in [1.165, 1.54) is 11.3 Å². The monoisotopic (exact) mass is 322 g/mol. The average molecular weight is 322 g/mol. The zero-order chi connectivity index (χ0) is 16.2. The summed E-state index contributed by atoms with van der Waals surface area (Å²) in [4.78, 5) is 16.1. The van der Waals surface area contributed by atoms with Crippen molar-refractivity contribution in [2.75, 3.05) is 0 Å². The molecule has 0 fully saturated rings. The summed E-state index contributed by atoms with van der Waals surface area (Å²) >= 11 is 1.28. The number of carbonyl (C=O) groups excluding carboxylic acids is 1. The third kappa shape index (κ3) is 3.47. The van der Waals surface area contributed by atoms with E-state index in [4.69, 9.17) is 6.42 Å². The Labute approximate surface area is 138 Å². The van der Waals surface area contributed by atoms with Crippen molar-refractivity contribution < 1.29 is 4.79 Å². The van der Waals surface area contributed by atoms with E-state index < -0.39 is 0 Å². The normalized spacial score (nSPS) is 10.3. The van der Waals surface area contributed by atoms with Gasteiger partial charge in [-0.1, -0.05) is 18.2 Å². The number of terminal acetylenes is 1. The summed E-state index contributed by atoms with van der Waals surface area (Å²) in [6.07, 6.45) is 9.03. The molecule has 0 aliphatic rings. The van der Waals surface area contributed by atoms with Crippen molar-refractivity contribution in [2.24, 2.45) is 7.05 Å². The lowest BCUT2D eigenvalue weighted by Gasteiger charge is -2.05. The van der Waals surface area contributed by atoms with E-state index in [2.05, 4.69) is 21.3 Å². The third-order valence-electron chi connectivity index (χ3n) is 3.28. The van der Waals surface area contributed by atoms with Crippen LogP contribution < -0.4 is 5.32 Å². The molecule has 0 aliphatic carbocycles. The van der Waals surface area contributed by atoms with Crippen molar-refractivity contribution in [2.45, 2.75) is 6.54 Å². The lowest BCUT2D eigenvalue weighted by atomic mass is 10.1. The van der Waals surface area contributed by atoms with Crippen LogP contribution in [0.2, 0.25) is 0 Å². The van der Waals surface area contributed by atoms with Crippen molar-refractivity contribution in [1.29, 1.82) is 0 Å². The van der Waals surface area contributed by atoms with Gasteiger partial charge in [-0.2, -0.15) is 5.10 Å². The predicted octanol–water partition coefficient (Wildman–Crippen LogP) is 2.45. The molecule has 0 unspecified atom stereocenters. The number of nitrogens with one attached hydrogen (secondary N) is 1. The quantitative estimate of drug-likeness (QED) is 0.751. The van der Waals surface area contributed by atoms with Gasteiger partial charge in [-0.3, -0.25) is 9.48 Å². The Morgan fingerprint density at radius 3 is 3.00 bits per heavy atom. The standard InChI is InChI=1S/C17H14N4OS/c1-3-16-20-15(11-23-16)17(22)18-8-12-5-4-6-13(7-12)14-9-19-21(2)10-14/h1,4-7,9-11H,8H2,2H3,(H,18,22). The largest absolute Gasteiger partial charge is 0.347 e. The van der Waals surface area contributed by atoms with Crippen LogP contribution in [-0.2, 0) is 13.6 Å². The number of hydrogen-bond donors (Lipinski definition) is 1. The second-order valence-electron chi connectivity index (χ2n) is 4.97. The number of aromatic nitrogens is 3. The number of hydrogen-bond acceptors (Lipinski definition) is 4. The summed E-state index contributed by atoms with van der Waals surface area (Å²) in [6, 6.07) is 7.98. The molecule has 0 bridgehead atoms. The van der Waals surface area contributed by atoms with E-state index in [1.807, 2.05) is 43.7 Å². The van der Waals surface area contributed by atoms with E-state index in [-0.39, 0.29) is 5.91 Å². The average Bonchev–Trinajstić information content (AvgIpc) is 3.21. The Kier molecular flexibility index (Phi) is 4.22. The SMILES string of the molecule is C#Cc1nc(C(=O)NCc2cccc(-c3cnn(C)c3)c2)cs1. The molecule has 0 atom stereocenters. The first-order valence-electron chi connectivity index (χ1n) is 6.94.